The van der Waals surface area contributed by atoms with E-state index in [-0.39, 0.29) is 0 Å². The van der Waals surface area contributed by atoms with Crippen LogP contribution in [0.25, 0.3) is 5.57 Å². The van der Waals surface area contributed by atoms with Crippen molar-refractivity contribution in [3.63, 3.8) is 0 Å². The van der Waals surface area contributed by atoms with Crippen LogP contribution in [0.3, 0.4) is 0 Å². The van der Waals surface area contributed by atoms with Crippen LogP contribution in [-0.2, 0) is 0 Å². The number of fused-ring (bicyclic) bond motifs is 2. The molecule has 0 fully saturated rings. The molecule has 2 nitrogen and oxygen atoms in total. The minimum Gasteiger partial charge on any atom is -0.494 e. The molecule has 0 radical (unpaired) electrons. The normalized spacial score (nSPS) is 19.2. The van der Waals surface area contributed by atoms with E-state index in [1.807, 2.05) is 53.4 Å². The summed E-state index contributed by atoms with van der Waals surface area (Å²) < 4.78 is 5.79. The van der Waals surface area contributed by atoms with Crippen LogP contribution in [0.4, 0.5) is 0 Å². The van der Waals surface area contributed by atoms with E-state index >= 15 is 0 Å². The van der Waals surface area contributed by atoms with Gasteiger partial charge in [0.1, 0.15) is 5.75 Å². The molecule has 2 aliphatic rings. The van der Waals surface area contributed by atoms with Crippen molar-refractivity contribution >= 4 is 33.7 Å². The van der Waals surface area contributed by atoms with E-state index in [2.05, 4.69) is 29.8 Å². The van der Waals surface area contributed by atoms with E-state index in [0.29, 0.717) is 5.92 Å². The molecule has 1 unspecified atom stereocenters. The molecule has 4 rings (SSSR count). The number of ether oxygens (including phenoxy) is 1. The molecule has 0 spiro atoms. The van der Waals surface area contributed by atoms with Crippen molar-refractivity contribution in [3.8, 4) is 5.75 Å². The summed E-state index contributed by atoms with van der Waals surface area (Å²) >= 11 is 3.69. The Bertz CT molecular complexity index is 806. The number of aliphatic imine (C=N–C) groups is 1. The van der Waals surface area contributed by atoms with Gasteiger partial charge in [-0.1, -0.05) is 42.1 Å². The quantitative estimate of drug-likeness (QED) is 0.493. The fourth-order valence-electron chi connectivity index (χ4n) is 3.34. The van der Waals surface area contributed by atoms with Crippen LogP contribution in [0.5, 0.6) is 5.75 Å². The molecule has 0 amide bonds. The van der Waals surface area contributed by atoms with Crippen molar-refractivity contribution < 1.29 is 4.74 Å². The maximum atomic E-state index is 5.79. The largest absolute Gasteiger partial charge is 0.494 e. The first-order valence-electron chi connectivity index (χ1n) is 9.23. The fraction of sp³-hybridized carbons (Fsp3) is 0.318. The standard InChI is InChI=1S/C22H23NOS2/c1-2-7-19(8-3-1)24-11-5-4-9-20-14-17-13-18(21-10-6-12-25-21)16-23-22(15-17)26-20/h1-3,6-8,10,12,14,16-17H,4-5,9,11,13,15H2. The number of unbranched alkanes of at least 4 members (excludes halogenated alkanes) is 1. The van der Waals surface area contributed by atoms with Gasteiger partial charge < -0.3 is 4.74 Å². The Balaban J connectivity index is 1.27. The molecule has 0 saturated carbocycles. The van der Waals surface area contributed by atoms with E-state index < -0.39 is 0 Å². The Morgan fingerprint density at radius 3 is 2.81 bits per heavy atom. The minimum absolute atomic E-state index is 0.599. The zero-order valence-electron chi connectivity index (χ0n) is 14.8. The highest BCUT2D eigenvalue weighted by molar-refractivity contribution is 8.17. The van der Waals surface area contributed by atoms with E-state index in [4.69, 9.17) is 9.73 Å². The Kier molecular flexibility index (Phi) is 5.92. The van der Waals surface area contributed by atoms with Gasteiger partial charge in [-0.05, 0) is 65.7 Å². The highest BCUT2D eigenvalue weighted by Gasteiger charge is 2.23. The molecule has 2 aromatic rings. The van der Waals surface area contributed by atoms with Crippen molar-refractivity contribution in [1.29, 1.82) is 0 Å². The predicted molar refractivity (Wildman–Crippen MR) is 114 cm³/mol. The minimum atomic E-state index is 0.599. The number of nitrogens with zero attached hydrogens (tertiary/aromatic N) is 1. The fourth-order valence-corrected chi connectivity index (χ4v) is 5.30. The molecule has 1 atom stereocenters. The zero-order chi connectivity index (χ0) is 17.6. The number of thioether (sulfide) groups is 1. The highest BCUT2D eigenvalue weighted by atomic mass is 32.2. The molecule has 1 aromatic heterocycles. The average Bonchev–Trinajstić information content (AvgIpc) is 3.15. The third-order valence-electron chi connectivity index (χ3n) is 4.62. The van der Waals surface area contributed by atoms with Gasteiger partial charge in [0.25, 0.3) is 0 Å². The molecular formula is C22H23NOS2. The lowest BCUT2D eigenvalue weighted by molar-refractivity contribution is 0.307. The van der Waals surface area contributed by atoms with E-state index in [1.54, 1.807) is 0 Å². The Morgan fingerprint density at radius 1 is 1.04 bits per heavy atom. The van der Waals surface area contributed by atoms with Crippen molar-refractivity contribution in [2.45, 2.75) is 32.1 Å². The summed E-state index contributed by atoms with van der Waals surface area (Å²) in [5, 5.41) is 3.42. The maximum Gasteiger partial charge on any atom is 0.119 e. The lowest BCUT2D eigenvalue weighted by Crippen LogP contribution is -2.09. The highest BCUT2D eigenvalue weighted by Crippen LogP contribution is 2.40. The number of thiophene rings is 1. The van der Waals surface area contributed by atoms with Crippen LogP contribution < -0.4 is 4.74 Å². The second-order valence-corrected chi connectivity index (χ2v) is 8.82. The van der Waals surface area contributed by atoms with Gasteiger partial charge in [0, 0.05) is 17.5 Å². The number of hydrogen-bond donors (Lipinski definition) is 0. The number of allylic oxidation sites excluding steroid dienone is 3. The molecule has 0 saturated heterocycles. The molecule has 26 heavy (non-hydrogen) atoms. The van der Waals surface area contributed by atoms with Crippen LogP contribution in [-0.4, -0.2) is 11.7 Å². The van der Waals surface area contributed by atoms with Gasteiger partial charge in [-0.15, -0.1) is 11.3 Å². The molecule has 134 valence electrons. The number of hydrogen-bond acceptors (Lipinski definition) is 4. The zero-order valence-corrected chi connectivity index (χ0v) is 16.4. The molecule has 2 aliphatic heterocycles. The topological polar surface area (TPSA) is 21.6 Å². The van der Waals surface area contributed by atoms with Crippen LogP contribution in [0.2, 0.25) is 0 Å². The third kappa shape index (κ3) is 4.68. The lowest BCUT2D eigenvalue weighted by Gasteiger charge is -2.21. The van der Waals surface area contributed by atoms with Gasteiger partial charge in [0.05, 0.1) is 11.7 Å². The first-order valence-corrected chi connectivity index (χ1v) is 10.9. The van der Waals surface area contributed by atoms with E-state index in [1.165, 1.54) is 20.4 Å². The van der Waals surface area contributed by atoms with E-state index in [0.717, 1.165) is 44.5 Å². The summed E-state index contributed by atoms with van der Waals surface area (Å²) in [5.41, 5.74) is 1.38. The molecule has 2 bridgehead atoms. The molecular weight excluding hydrogens is 358 g/mol. The summed E-state index contributed by atoms with van der Waals surface area (Å²) in [6.45, 7) is 0.788. The SMILES string of the molecule is C1=C(CCCCOc2ccccc2)SC2=NC=C(c3cccs3)CC1C2. The van der Waals surface area contributed by atoms with Gasteiger partial charge in [0.2, 0.25) is 0 Å². The molecule has 3 heterocycles. The van der Waals surface area contributed by atoms with Gasteiger partial charge >= 0.3 is 0 Å². The van der Waals surface area contributed by atoms with Gasteiger partial charge in [-0.2, -0.15) is 0 Å². The molecule has 0 N–H and O–H groups in total. The van der Waals surface area contributed by atoms with Gasteiger partial charge in [0.15, 0.2) is 0 Å². The lowest BCUT2D eigenvalue weighted by atomic mass is 9.95. The third-order valence-corrected chi connectivity index (χ3v) is 6.68. The second kappa shape index (κ2) is 8.74. The number of para-hydroxylation sites is 1. The van der Waals surface area contributed by atoms with Crippen molar-refractivity contribution in [1.82, 2.24) is 0 Å². The van der Waals surface area contributed by atoms with Crippen molar-refractivity contribution in [2.24, 2.45) is 10.9 Å². The Morgan fingerprint density at radius 2 is 1.96 bits per heavy atom. The first kappa shape index (κ1) is 17.6. The average molecular weight is 382 g/mol. The molecule has 1 aromatic carbocycles. The van der Waals surface area contributed by atoms with Gasteiger partial charge in [-0.25, -0.2) is 0 Å². The molecule has 4 heteroatoms. The predicted octanol–water partition coefficient (Wildman–Crippen LogP) is 6.78. The van der Waals surface area contributed by atoms with Crippen LogP contribution in [0, 0.1) is 5.92 Å². The van der Waals surface area contributed by atoms with Gasteiger partial charge in [-0.3, -0.25) is 4.99 Å². The van der Waals surface area contributed by atoms with Crippen LogP contribution in [0.15, 0.2) is 70.0 Å². The second-order valence-electron chi connectivity index (χ2n) is 6.68. The number of rotatable bonds is 7. The maximum absolute atomic E-state index is 5.79. The van der Waals surface area contributed by atoms with E-state index in [9.17, 15) is 0 Å². The summed E-state index contributed by atoms with van der Waals surface area (Å²) in [6.07, 6.45) is 10.2. The first-order chi connectivity index (χ1) is 12.9. The monoisotopic (exact) mass is 381 g/mol. The summed E-state index contributed by atoms with van der Waals surface area (Å²) in [4.78, 5) is 7.62. The Hall–Kier alpha value is -1.78. The smallest absolute Gasteiger partial charge is 0.119 e. The van der Waals surface area contributed by atoms with Crippen LogP contribution >= 0.6 is 23.1 Å². The summed E-state index contributed by atoms with van der Waals surface area (Å²) in [5.74, 6) is 1.56. The van der Waals surface area contributed by atoms with Crippen molar-refractivity contribution in [2.75, 3.05) is 6.61 Å². The Labute approximate surface area is 163 Å². The van der Waals surface area contributed by atoms with Crippen LogP contribution in [0.1, 0.15) is 37.0 Å². The van der Waals surface area contributed by atoms with Crippen molar-refractivity contribution in [3.05, 3.63) is 69.9 Å². The number of benzene rings is 1. The summed E-state index contributed by atoms with van der Waals surface area (Å²) in [6, 6.07) is 14.4. The molecule has 0 aliphatic carbocycles. The summed E-state index contributed by atoms with van der Waals surface area (Å²) in [7, 11) is 0.